The molecule has 2 aromatic rings. The molecule has 30 heavy (non-hydrogen) atoms. The van der Waals surface area contributed by atoms with E-state index >= 15 is 0 Å². The van der Waals surface area contributed by atoms with Crippen molar-refractivity contribution >= 4 is 36.0 Å². The van der Waals surface area contributed by atoms with Crippen molar-refractivity contribution < 1.29 is 9.53 Å². The van der Waals surface area contributed by atoms with Crippen molar-refractivity contribution in [3.8, 4) is 5.69 Å². The number of piperidine rings is 1. The summed E-state index contributed by atoms with van der Waals surface area (Å²) in [6, 6.07) is 10.3. The average Bonchev–Trinajstić information content (AvgIpc) is 3.05. The van der Waals surface area contributed by atoms with Crippen LogP contribution in [-0.2, 0) is 11.3 Å². The van der Waals surface area contributed by atoms with E-state index in [1.54, 1.807) is 4.90 Å². The van der Waals surface area contributed by atoms with E-state index in [0.717, 1.165) is 35.5 Å². The van der Waals surface area contributed by atoms with Crippen LogP contribution < -0.4 is 11.1 Å². The Morgan fingerprint density at radius 3 is 2.63 bits per heavy atom. The molecule has 1 aromatic heterocycles. The maximum atomic E-state index is 11.8. The van der Waals surface area contributed by atoms with Crippen molar-refractivity contribution in [3.05, 3.63) is 47.3 Å². The summed E-state index contributed by atoms with van der Waals surface area (Å²) in [4.78, 5) is 18.1. The molecule has 2 heterocycles. The zero-order valence-electron chi connectivity index (χ0n) is 17.8. The number of hydrogen-bond donors (Lipinski definition) is 2. The first-order chi connectivity index (χ1) is 14.0. The number of nitrogens with zero attached hydrogens (tertiary/aromatic N) is 4. The van der Waals surface area contributed by atoms with Crippen LogP contribution in [0.25, 0.3) is 5.69 Å². The van der Waals surface area contributed by atoms with Gasteiger partial charge in [0.2, 0.25) is 0 Å². The number of likely N-dealkylation sites (tertiary alicyclic amines) is 1. The molecule has 1 aromatic carbocycles. The predicted molar refractivity (Wildman–Crippen MR) is 129 cm³/mol. The van der Waals surface area contributed by atoms with Crippen LogP contribution in [0.1, 0.15) is 36.7 Å². The molecule has 1 fully saturated rings. The number of guanidine groups is 1. The number of rotatable bonds is 5. The van der Waals surface area contributed by atoms with Gasteiger partial charge in [0.05, 0.1) is 24.5 Å². The SMILES string of the molecule is CCOC(=O)N1CCC(NC(N)=NCc2ccccc2-n2nc(C)cc2C)CC1.I. The van der Waals surface area contributed by atoms with Crippen LogP contribution in [0.2, 0.25) is 0 Å². The molecule has 0 spiro atoms. The summed E-state index contributed by atoms with van der Waals surface area (Å²) >= 11 is 0. The molecule has 1 amide bonds. The van der Waals surface area contributed by atoms with Crippen molar-refractivity contribution in [3.63, 3.8) is 0 Å². The number of halogens is 1. The van der Waals surface area contributed by atoms with Crippen LogP contribution in [0.3, 0.4) is 0 Å². The summed E-state index contributed by atoms with van der Waals surface area (Å²) in [6.45, 7) is 8.02. The molecule has 0 aliphatic carbocycles. The summed E-state index contributed by atoms with van der Waals surface area (Å²) in [5, 5.41) is 7.86. The molecule has 1 aliphatic rings. The van der Waals surface area contributed by atoms with Gasteiger partial charge in [0.15, 0.2) is 5.96 Å². The standard InChI is InChI=1S/C21H30N6O2.HI/c1-4-29-21(28)26-11-9-18(10-12-26)24-20(22)23-14-17-7-5-6-8-19(17)27-16(3)13-15(2)25-27;/h5-8,13,18H,4,9-12,14H2,1-3H3,(H3,22,23,24);1H. The molecular weight excluding hydrogens is 495 g/mol. The van der Waals surface area contributed by atoms with E-state index in [9.17, 15) is 4.79 Å². The largest absolute Gasteiger partial charge is 0.450 e. The van der Waals surface area contributed by atoms with Crippen molar-refractivity contribution in [1.82, 2.24) is 20.0 Å². The van der Waals surface area contributed by atoms with E-state index in [-0.39, 0.29) is 36.1 Å². The van der Waals surface area contributed by atoms with E-state index in [2.05, 4.69) is 21.5 Å². The van der Waals surface area contributed by atoms with E-state index in [1.807, 2.05) is 49.7 Å². The number of amides is 1. The molecular formula is C21H31IN6O2. The first kappa shape index (κ1) is 24.0. The van der Waals surface area contributed by atoms with Crippen molar-refractivity contribution in [1.29, 1.82) is 0 Å². The van der Waals surface area contributed by atoms with Crippen LogP contribution in [0.15, 0.2) is 35.3 Å². The molecule has 0 radical (unpaired) electrons. The Hall–Kier alpha value is -2.30. The highest BCUT2D eigenvalue weighted by molar-refractivity contribution is 14.0. The molecule has 1 saturated heterocycles. The number of carbonyl (C=O) groups excluding carboxylic acids is 1. The minimum Gasteiger partial charge on any atom is -0.450 e. The Morgan fingerprint density at radius 1 is 1.30 bits per heavy atom. The second-order valence-corrected chi connectivity index (χ2v) is 7.27. The van der Waals surface area contributed by atoms with Crippen molar-refractivity contribution in [2.24, 2.45) is 10.7 Å². The van der Waals surface area contributed by atoms with Crippen molar-refractivity contribution in [2.75, 3.05) is 19.7 Å². The van der Waals surface area contributed by atoms with Crippen LogP contribution in [-0.4, -0.2) is 52.5 Å². The minimum atomic E-state index is -0.242. The van der Waals surface area contributed by atoms with Crippen molar-refractivity contribution in [2.45, 2.75) is 46.2 Å². The number of benzene rings is 1. The van der Waals surface area contributed by atoms with E-state index in [4.69, 9.17) is 10.5 Å². The van der Waals surface area contributed by atoms with E-state index < -0.39 is 0 Å². The smallest absolute Gasteiger partial charge is 0.409 e. The Balaban J connectivity index is 0.00000320. The number of para-hydroxylation sites is 1. The molecule has 164 valence electrons. The van der Waals surface area contributed by atoms with E-state index in [0.29, 0.717) is 32.2 Å². The van der Waals surface area contributed by atoms with Gasteiger partial charge in [0, 0.05) is 24.8 Å². The molecule has 0 atom stereocenters. The third kappa shape index (κ3) is 6.10. The van der Waals surface area contributed by atoms with Gasteiger partial charge in [-0.2, -0.15) is 5.10 Å². The molecule has 8 nitrogen and oxygen atoms in total. The number of nitrogens with two attached hydrogens (primary N) is 1. The predicted octanol–water partition coefficient (Wildman–Crippen LogP) is 3.13. The summed E-state index contributed by atoms with van der Waals surface area (Å²) in [5.74, 6) is 0.419. The molecule has 3 N–H and O–H groups in total. The number of hydrogen-bond acceptors (Lipinski definition) is 4. The number of carbonyl (C=O) groups is 1. The summed E-state index contributed by atoms with van der Waals surface area (Å²) < 4.78 is 6.99. The summed E-state index contributed by atoms with van der Waals surface area (Å²) in [7, 11) is 0. The van der Waals surface area contributed by atoms with Gasteiger partial charge in [-0.25, -0.2) is 14.5 Å². The number of aliphatic imine (C=N–C) groups is 1. The zero-order valence-corrected chi connectivity index (χ0v) is 20.1. The Morgan fingerprint density at radius 2 is 2.00 bits per heavy atom. The zero-order chi connectivity index (χ0) is 20.8. The Labute approximate surface area is 194 Å². The molecule has 9 heteroatoms. The number of aryl methyl sites for hydroxylation is 2. The quantitative estimate of drug-likeness (QED) is 0.355. The Kier molecular flexibility index (Phi) is 8.94. The molecule has 0 saturated carbocycles. The molecule has 3 rings (SSSR count). The lowest BCUT2D eigenvalue weighted by Gasteiger charge is -2.31. The lowest BCUT2D eigenvalue weighted by atomic mass is 10.1. The van der Waals surface area contributed by atoms with Crippen LogP contribution in [0.5, 0.6) is 0 Å². The topological polar surface area (TPSA) is 97.8 Å². The van der Waals surface area contributed by atoms with Crippen LogP contribution in [0, 0.1) is 13.8 Å². The maximum Gasteiger partial charge on any atom is 0.409 e. The third-order valence-electron chi connectivity index (χ3n) is 5.02. The number of ether oxygens (including phenoxy) is 1. The average molecular weight is 526 g/mol. The lowest BCUT2D eigenvalue weighted by molar-refractivity contribution is 0.0963. The number of nitrogens with one attached hydrogen (secondary N) is 1. The Bertz CT molecular complexity index is 874. The second-order valence-electron chi connectivity index (χ2n) is 7.27. The van der Waals surface area contributed by atoms with Crippen LogP contribution in [0.4, 0.5) is 4.79 Å². The van der Waals surface area contributed by atoms with Gasteiger partial charge >= 0.3 is 6.09 Å². The van der Waals surface area contributed by atoms with Gasteiger partial charge in [-0.05, 0) is 51.3 Å². The molecule has 1 aliphatic heterocycles. The van der Waals surface area contributed by atoms with E-state index in [1.165, 1.54) is 0 Å². The van der Waals surface area contributed by atoms with Gasteiger partial charge in [-0.15, -0.1) is 24.0 Å². The van der Waals surface area contributed by atoms with Gasteiger partial charge in [0.25, 0.3) is 0 Å². The lowest BCUT2D eigenvalue weighted by Crippen LogP contribution is -2.48. The highest BCUT2D eigenvalue weighted by Crippen LogP contribution is 2.18. The monoisotopic (exact) mass is 526 g/mol. The molecule has 0 bridgehead atoms. The molecule has 0 unspecified atom stereocenters. The third-order valence-corrected chi connectivity index (χ3v) is 5.02. The minimum absolute atomic E-state index is 0. The first-order valence-electron chi connectivity index (χ1n) is 10.1. The van der Waals surface area contributed by atoms with Gasteiger partial charge in [-0.3, -0.25) is 0 Å². The maximum absolute atomic E-state index is 11.8. The number of aromatic nitrogens is 2. The van der Waals surface area contributed by atoms with Gasteiger partial charge in [0.1, 0.15) is 0 Å². The fourth-order valence-corrected chi connectivity index (χ4v) is 3.57. The normalized spacial score (nSPS) is 14.9. The van der Waals surface area contributed by atoms with Gasteiger partial charge < -0.3 is 20.7 Å². The second kappa shape index (κ2) is 11.2. The first-order valence-corrected chi connectivity index (χ1v) is 10.1. The van der Waals surface area contributed by atoms with Gasteiger partial charge in [-0.1, -0.05) is 18.2 Å². The van der Waals surface area contributed by atoms with Crippen LogP contribution >= 0.6 is 24.0 Å². The fraction of sp³-hybridized carbons (Fsp3) is 0.476. The summed E-state index contributed by atoms with van der Waals surface area (Å²) in [6.07, 6.45) is 1.39. The highest BCUT2D eigenvalue weighted by Gasteiger charge is 2.23. The summed E-state index contributed by atoms with van der Waals surface area (Å²) in [5.41, 5.74) is 10.3. The highest BCUT2D eigenvalue weighted by atomic mass is 127. The fourth-order valence-electron chi connectivity index (χ4n) is 3.57.